The molecule has 3 heterocycles. The van der Waals surface area contributed by atoms with Crippen LogP contribution < -0.4 is 0 Å². The molecular formula is C37H67NO13Zn. The molecule has 3 aliphatic heterocycles. The second kappa shape index (κ2) is 18.5. The summed E-state index contributed by atoms with van der Waals surface area (Å²) in [5, 5.41) is 57.6. The zero-order valence-electron chi connectivity index (χ0n) is 33.6. The van der Waals surface area contributed by atoms with E-state index in [1.165, 1.54) is 27.9 Å². The van der Waals surface area contributed by atoms with Crippen molar-refractivity contribution < 1.29 is 83.0 Å². The fourth-order valence-corrected chi connectivity index (χ4v) is 8.41. The topological polar surface area (TPSA) is 194 Å². The molecule has 0 aromatic rings. The van der Waals surface area contributed by atoms with E-state index in [1.807, 2.05) is 25.9 Å². The summed E-state index contributed by atoms with van der Waals surface area (Å²) in [7, 11) is 5.18. The first-order chi connectivity index (χ1) is 23.4. The average molecular weight is 799 g/mol. The monoisotopic (exact) mass is 797 g/mol. The Morgan fingerprint density at radius 3 is 2.02 bits per heavy atom. The van der Waals surface area contributed by atoms with Crippen molar-refractivity contribution in [3.05, 3.63) is 0 Å². The SMILES string of the molecule is CC[C@H]1OC(=O)[C@@H](C)[C@H](O[C@@H]2C[C@@](C)(OC)[C@@H](O)[C@H](C)O2)[C@H](C)[C@@H](O[C@H]2O[C@@H](C)C[C@@H](N(C)C)[C@@H]2O)[C@](C)(O)C[C@@H](C)C(=O)[C@@H](C)[C@@H](O)[C@]1(C)O.[Zn]. The van der Waals surface area contributed by atoms with Crippen LogP contribution in [0.4, 0.5) is 0 Å². The van der Waals surface area contributed by atoms with Gasteiger partial charge in [-0.25, -0.2) is 0 Å². The number of ether oxygens (including phenoxy) is 6. The van der Waals surface area contributed by atoms with Gasteiger partial charge in [-0.15, -0.1) is 0 Å². The molecule has 52 heavy (non-hydrogen) atoms. The van der Waals surface area contributed by atoms with Gasteiger partial charge >= 0.3 is 5.97 Å². The average Bonchev–Trinajstić information content (AvgIpc) is 3.05. The van der Waals surface area contributed by atoms with Crippen molar-refractivity contribution in [3.8, 4) is 0 Å². The van der Waals surface area contributed by atoms with Gasteiger partial charge in [0.1, 0.15) is 29.7 Å². The number of rotatable bonds is 7. The molecule has 18 atom stereocenters. The summed E-state index contributed by atoms with van der Waals surface area (Å²) >= 11 is 0. The molecule has 0 spiro atoms. The zero-order valence-corrected chi connectivity index (χ0v) is 36.6. The summed E-state index contributed by atoms with van der Waals surface area (Å²) in [4.78, 5) is 29.8. The summed E-state index contributed by atoms with van der Waals surface area (Å²) in [6, 6.07) is -0.324. The van der Waals surface area contributed by atoms with Crippen LogP contribution in [0.2, 0.25) is 0 Å². The van der Waals surface area contributed by atoms with Gasteiger partial charge in [0, 0.05) is 56.8 Å². The maximum Gasteiger partial charge on any atom is 0.311 e. The second-order valence-electron chi connectivity index (χ2n) is 16.5. The number of hydrogen-bond donors (Lipinski definition) is 5. The molecule has 3 aliphatic rings. The summed E-state index contributed by atoms with van der Waals surface area (Å²) < 4.78 is 37.1. The summed E-state index contributed by atoms with van der Waals surface area (Å²) in [5.41, 5.74) is -4.84. The Kier molecular flexibility index (Phi) is 16.9. The van der Waals surface area contributed by atoms with Crippen LogP contribution in [0.3, 0.4) is 0 Å². The van der Waals surface area contributed by atoms with Crippen LogP contribution in [0, 0.1) is 23.7 Å². The van der Waals surface area contributed by atoms with Crippen LogP contribution in [-0.2, 0) is 57.5 Å². The maximum atomic E-state index is 14.1. The Hall–Kier alpha value is -0.677. The van der Waals surface area contributed by atoms with Gasteiger partial charge in [-0.05, 0) is 74.9 Å². The number of aliphatic hydroxyl groups excluding tert-OH is 3. The number of Topliss-reactive ketones (excluding diaryl/α,β-unsaturated/α-hetero) is 1. The number of likely N-dealkylation sites (N-methyl/N-ethyl adjacent to an activating group) is 1. The van der Waals surface area contributed by atoms with E-state index in [-0.39, 0.29) is 50.9 Å². The first kappa shape index (κ1) is 47.5. The van der Waals surface area contributed by atoms with Crippen molar-refractivity contribution in [2.24, 2.45) is 23.7 Å². The van der Waals surface area contributed by atoms with Crippen LogP contribution >= 0.6 is 0 Å². The van der Waals surface area contributed by atoms with E-state index >= 15 is 0 Å². The second-order valence-corrected chi connectivity index (χ2v) is 16.5. The molecule has 300 valence electrons. The van der Waals surface area contributed by atoms with Gasteiger partial charge in [0.05, 0.1) is 47.6 Å². The standard InChI is InChI=1S/C37H67NO13.Zn/c1-14-25-37(10,45)30(41)20(4)27(39)18(2)16-35(8,44)32(51-34-28(40)24(38(11)12)15-19(3)47-34)21(5)29(22(6)33(43)49-25)50-26-17-36(9,46-13)31(42)23(7)48-26;/h18-26,28-32,34,40-42,44-45H,14-17H2,1-13H3;/t18-,19+,20-,21+,22+,23+,24-,25-,26-,28+,29-,30-,31+,32-,34-,35-,36-,37-;/m1./s1. The van der Waals surface area contributed by atoms with E-state index < -0.39 is 108 Å². The minimum Gasteiger partial charge on any atom is -0.459 e. The molecule has 0 aromatic carbocycles. The molecule has 0 unspecified atom stereocenters. The number of nitrogens with zero attached hydrogens (tertiary/aromatic N) is 1. The fourth-order valence-electron chi connectivity index (χ4n) is 8.41. The molecule has 0 aromatic heterocycles. The number of cyclic esters (lactones) is 1. The van der Waals surface area contributed by atoms with Crippen LogP contribution in [0.25, 0.3) is 0 Å². The number of hydrogen-bond acceptors (Lipinski definition) is 14. The Labute approximate surface area is 322 Å². The number of methoxy groups -OCH3 is 1. The largest absolute Gasteiger partial charge is 0.459 e. The van der Waals surface area contributed by atoms with E-state index in [0.29, 0.717) is 6.42 Å². The van der Waals surface area contributed by atoms with Crippen LogP contribution in [0.1, 0.15) is 94.9 Å². The van der Waals surface area contributed by atoms with Gasteiger partial charge in [0.25, 0.3) is 0 Å². The molecule has 0 aliphatic carbocycles. The smallest absolute Gasteiger partial charge is 0.311 e. The molecule has 0 radical (unpaired) electrons. The number of aliphatic hydroxyl groups is 5. The molecule has 3 fully saturated rings. The fraction of sp³-hybridized carbons (Fsp3) is 0.946. The van der Waals surface area contributed by atoms with Gasteiger partial charge in [-0.2, -0.15) is 0 Å². The van der Waals surface area contributed by atoms with E-state index in [2.05, 4.69) is 0 Å². The Bertz CT molecular complexity index is 1170. The van der Waals surface area contributed by atoms with Crippen molar-refractivity contribution in [1.29, 1.82) is 0 Å². The van der Waals surface area contributed by atoms with Crippen molar-refractivity contribution >= 4 is 11.8 Å². The van der Waals surface area contributed by atoms with Gasteiger partial charge in [-0.1, -0.05) is 27.7 Å². The van der Waals surface area contributed by atoms with Crippen LogP contribution in [-0.4, -0.2) is 148 Å². The third-order valence-electron chi connectivity index (χ3n) is 11.8. The maximum absolute atomic E-state index is 14.1. The van der Waals surface area contributed by atoms with Crippen LogP contribution in [0.15, 0.2) is 0 Å². The molecule has 0 saturated carbocycles. The van der Waals surface area contributed by atoms with Crippen LogP contribution in [0.5, 0.6) is 0 Å². The Morgan fingerprint density at radius 1 is 0.885 bits per heavy atom. The normalized spacial score (nSPS) is 48.8. The molecule has 15 heteroatoms. The molecule has 0 amide bonds. The Morgan fingerprint density at radius 2 is 1.48 bits per heavy atom. The van der Waals surface area contributed by atoms with Gasteiger partial charge in [0.15, 0.2) is 12.6 Å². The molecule has 3 rings (SSSR count). The predicted octanol–water partition coefficient (Wildman–Crippen LogP) is 1.78. The summed E-state index contributed by atoms with van der Waals surface area (Å²) in [6.07, 6.45) is -9.71. The molecule has 14 nitrogen and oxygen atoms in total. The van der Waals surface area contributed by atoms with Crippen molar-refractivity contribution in [2.45, 2.75) is 179 Å². The molecule has 3 saturated heterocycles. The van der Waals surface area contributed by atoms with E-state index in [0.717, 1.165) is 0 Å². The van der Waals surface area contributed by atoms with E-state index in [9.17, 15) is 35.1 Å². The number of carbonyl (C=O) groups excluding carboxylic acids is 2. The number of esters is 1. The number of carbonyl (C=O) groups is 2. The zero-order chi connectivity index (χ0) is 39.0. The van der Waals surface area contributed by atoms with Crippen molar-refractivity contribution in [3.63, 3.8) is 0 Å². The van der Waals surface area contributed by atoms with E-state index in [4.69, 9.17) is 28.4 Å². The van der Waals surface area contributed by atoms with Gasteiger partial charge < -0.3 is 58.9 Å². The molecular weight excluding hydrogens is 732 g/mol. The first-order valence-electron chi connectivity index (χ1n) is 18.5. The first-order valence-corrected chi connectivity index (χ1v) is 18.5. The summed E-state index contributed by atoms with van der Waals surface area (Å²) in [5.74, 6) is -4.98. The quantitative estimate of drug-likeness (QED) is 0.185. The summed E-state index contributed by atoms with van der Waals surface area (Å²) in [6.45, 7) is 16.3. The predicted molar refractivity (Wildman–Crippen MR) is 186 cm³/mol. The minimum atomic E-state index is -1.99. The van der Waals surface area contributed by atoms with Gasteiger partial charge in [-0.3, -0.25) is 9.59 Å². The number of ketones is 1. The van der Waals surface area contributed by atoms with Gasteiger partial charge in [0.2, 0.25) is 0 Å². The Balaban J connectivity index is 0.00000936. The van der Waals surface area contributed by atoms with Crippen molar-refractivity contribution in [2.75, 3.05) is 21.2 Å². The third kappa shape index (κ3) is 10.2. The minimum absolute atomic E-state index is 0. The third-order valence-corrected chi connectivity index (χ3v) is 11.8. The van der Waals surface area contributed by atoms with E-state index in [1.54, 1.807) is 41.5 Å². The van der Waals surface area contributed by atoms with Crippen molar-refractivity contribution in [1.82, 2.24) is 4.90 Å². The molecule has 0 bridgehead atoms. The molecule has 5 N–H and O–H groups in total.